The van der Waals surface area contributed by atoms with Gasteiger partial charge in [0.2, 0.25) is 5.91 Å². The molecule has 2 aromatic rings. The normalized spacial score (nSPS) is 13.7. The summed E-state index contributed by atoms with van der Waals surface area (Å²) in [5.74, 6) is -1.74. The number of hydrogen-bond donors (Lipinski definition) is 3. The largest absolute Gasteiger partial charge is 0.480 e. The fraction of sp³-hybridized carbons (Fsp3) is 0.370. The number of nitrogens with one attached hydrogen (secondary N) is 2. The van der Waals surface area contributed by atoms with Crippen LogP contribution in [0.4, 0.5) is 4.79 Å². The number of rotatable bonds is 10. The number of aliphatic carboxylic acids is 1. The standard InChI is InChI=1S/C27H32N2O5/c1-4-9-24(26(31)32)28-25(30)23(15-14-17(2)3)29-27(33)34-16-22-20-12-7-5-10-18(20)19-11-6-8-13-21(19)22/h5-8,10-14,22-24H,4,9,15-16H2,1-3H3,(H,28,30)(H,29,33)(H,31,32)/t23?,24-/m1/s1. The number of allylic oxidation sites excluding steroid dienone is 1. The SMILES string of the molecule is CCC[C@@H](NC(=O)C(CC=C(C)C)NC(=O)OCC1c2ccccc2-c2ccccc21)C(=O)O. The summed E-state index contributed by atoms with van der Waals surface area (Å²) in [5.41, 5.74) is 5.43. The van der Waals surface area contributed by atoms with Crippen LogP contribution in [0.1, 0.15) is 57.1 Å². The number of hydrogen-bond acceptors (Lipinski definition) is 4. The molecule has 1 aliphatic carbocycles. The number of ether oxygens (including phenoxy) is 1. The summed E-state index contributed by atoms with van der Waals surface area (Å²) >= 11 is 0. The average molecular weight is 465 g/mol. The van der Waals surface area contributed by atoms with Crippen LogP contribution in [0.3, 0.4) is 0 Å². The molecule has 0 saturated heterocycles. The number of benzene rings is 2. The van der Waals surface area contributed by atoms with Gasteiger partial charge in [-0.1, -0.05) is 73.5 Å². The molecule has 2 aromatic carbocycles. The molecule has 7 nitrogen and oxygen atoms in total. The van der Waals surface area contributed by atoms with Gasteiger partial charge in [-0.15, -0.1) is 0 Å². The third-order valence-electron chi connectivity index (χ3n) is 5.91. The van der Waals surface area contributed by atoms with Crippen molar-refractivity contribution in [2.75, 3.05) is 6.61 Å². The van der Waals surface area contributed by atoms with Crippen LogP contribution in [-0.2, 0) is 14.3 Å². The maximum atomic E-state index is 12.8. The summed E-state index contributed by atoms with van der Waals surface area (Å²) in [7, 11) is 0. The van der Waals surface area contributed by atoms with E-state index >= 15 is 0 Å². The van der Waals surface area contributed by atoms with Crippen molar-refractivity contribution in [3.8, 4) is 11.1 Å². The van der Waals surface area contributed by atoms with Gasteiger partial charge in [0.1, 0.15) is 18.7 Å². The zero-order valence-electron chi connectivity index (χ0n) is 19.8. The van der Waals surface area contributed by atoms with E-state index in [1.807, 2.05) is 63.2 Å². The second-order valence-electron chi connectivity index (χ2n) is 8.73. The Kier molecular flexibility index (Phi) is 8.46. The molecule has 2 atom stereocenters. The molecule has 0 bridgehead atoms. The van der Waals surface area contributed by atoms with Gasteiger partial charge in [0.15, 0.2) is 0 Å². The van der Waals surface area contributed by atoms with Crippen LogP contribution in [0, 0.1) is 0 Å². The molecule has 0 saturated carbocycles. The molecular weight excluding hydrogens is 432 g/mol. The maximum Gasteiger partial charge on any atom is 0.407 e. The highest BCUT2D eigenvalue weighted by Gasteiger charge is 2.30. The van der Waals surface area contributed by atoms with Gasteiger partial charge in [-0.3, -0.25) is 4.79 Å². The molecule has 7 heteroatoms. The first-order chi connectivity index (χ1) is 16.3. The van der Waals surface area contributed by atoms with Crippen LogP contribution in [0.2, 0.25) is 0 Å². The lowest BCUT2D eigenvalue weighted by Crippen LogP contribution is -2.51. The van der Waals surface area contributed by atoms with Gasteiger partial charge in [-0.05, 0) is 48.9 Å². The summed E-state index contributed by atoms with van der Waals surface area (Å²) in [4.78, 5) is 36.9. The van der Waals surface area contributed by atoms with E-state index in [2.05, 4.69) is 22.8 Å². The van der Waals surface area contributed by atoms with Crippen LogP contribution in [0.5, 0.6) is 0 Å². The van der Waals surface area contributed by atoms with E-state index in [1.54, 1.807) is 0 Å². The minimum absolute atomic E-state index is 0.0934. The smallest absolute Gasteiger partial charge is 0.407 e. The predicted octanol–water partition coefficient (Wildman–Crippen LogP) is 4.62. The van der Waals surface area contributed by atoms with Gasteiger partial charge in [-0.25, -0.2) is 9.59 Å². The van der Waals surface area contributed by atoms with Gasteiger partial charge in [-0.2, -0.15) is 0 Å². The molecule has 2 amide bonds. The zero-order chi connectivity index (χ0) is 24.7. The fourth-order valence-electron chi connectivity index (χ4n) is 4.19. The van der Waals surface area contributed by atoms with Gasteiger partial charge in [0.25, 0.3) is 0 Å². The Balaban J connectivity index is 1.68. The molecule has 0 aromatic heterocycles. The maximum absolute atomic E-state index is 12.8. The van der Waals surface area contributed by atoms with Crippen molar-refractivity contribution in [1.29, 1.82) is 0 Å². The van der Waals surface area contributed by atoms with Crippen molar-refractivity contribution in [2.45, 2.75) is 58.0 Å². The number of carbonyl (C=O) groups is 3. The monoisotopic (exact) mass is 464 g/mol. The molecule has 1 unspecified atom stereocenters. The Morgan fingerprint density at radius 3 is 2.09 bits per heavy atom. The number of carbonyl (C=O) groups excluding carboxylic acids is 2. The van der Waals surface area contributed by atoms with Crippen LogP contribution < -0.4 is 10.6 Å². The minimum atomic E-state index is -1.10. The number of alkyl carbamates (subject to hydrolysis) is 1. The van der Waals surface area contributed by atoms with Crippen LogP contribution in [-0.4, -0.2) is 41.8 Å². The van der Waals surface area contributed by atoms with Crippen molar-refractivity contribution >= 4 is 18.0 Å². The van der Waals surface area contributed by atoms with Gasteiger partial charge < -0.3 is 20.5 Å². The molecule has 0 fully saturated rings. The molecule has 0 spiro atoms. The van der Waals surface area contributed by atoms with Crippen molar-refractivity contribution in [3.05, 3.63) is 71.3 Å². The van der Waals surface area contributed by atoms with E-state index in [0.29, 0.717) is 12.8 Å². The van der Waals surface area contributed by atoms with Gasteiger partial charge >= 0.3 is 12.1 Å². The lowest BCUT2D eigenvalue weighted by molar-refractivity contribution is -0.142. The quantitative estimate of drug-likeness (QED) is 0.445. The summed E-state index contributed by atoms with van der Waals surface area (Å²) in [6.45, 7) is 5.75. The first-order valence-corrected chi connectivity index (χ1v) is 11.6. The molecular formula is C27H32N2O5. The van der Waals surface area contributed by atoms with Crippen molar-refractivity contribution in [2.24, 2.45) is 0 Å². The number of carboxylic acids is 1. The van der Waals surface area contributed by atoms with E-state index < -0.39 is 30.1 Å². The highest BCUT2D eigenvalue weighted by molar-refractivity contribution is 5.89. The Morgan fingerprint density at radius 2 is 1.56 bits per heavy atom. The summed E-state index contributed by atoms with van der Waals surface area (Å²) in [6, 6.07) is 14.1. The Bertz CT molecular complexity index is 1030. The Labute approximate surface area is 200 Å². The predicted molar refractivity (Wildman–Crippen MR) is 131 cm³/mol. The van der Waals surface area contributed by atoms with E-state index in [0.717, 1.165) is 27.8 Å². The lowest BCUT2D eigenvalue weighted by atomic mass is 9.98. The van der Waals surface area contributed by atoms with Crippen LogP contribution in [0.25, 0.3) is 11.1 Å². The average Bonchev–Trinajstić information content (AvgIpc) is 3.13. The van der Waals surface area contributed by atoms with Crippen molar-refractivity contribution in [3.63, 3.8) is 0 Å². The Hall–Kier alpha value is -3.61. The highest BCUT2D eigenvalue weighted by Crippen LogP contribution is 2.44. The van der Waals surface area contributed by atoms with Gasteiger partial charge in [0.05, 0.1) is 0 Å². The van der Waals surface area contributed by atoms with Crippen molar-refractivity contribution < 1.29 is 24.2 Å². The number of fused-ring (bicyclic) bond motifs is 3. The topological polar surface area (TPSA) is 105 Å². The molecule has 0 heterocycles. The molecule has 0 aliphatic heterocycles. The molecule has 3 rings (SSSR count). The minimum Gasteiger partial charge on any atom is -0.480 e. The van der Waals surface area contributed by atoms with E-state index in [-0.39, 0.29) is 18.9 Å². The summed E-state index contributed by atoms with van der Waals surface area (Å²) in [6.07, 6.45) is 2.25. The van der Waals surface area contributed by atoms with E-state index in [4.69, 9.17) is 4.74 Å². The molecule has 3 N–H and O–H groups in total. The fourth-order valence-corrected chi connectivity index (χ4v) is 4.19. The first-order valence-electron chi connectivity index (χ1n) is 11.6. The van der Waals surface area contributed by atoms with Crippen LogP contribution >= 0.6 is 0 Å². The lowest BCUT2D eigenvalue weighted by Gasteiger charge is -2.21. The first kappa shape index (κ1) is 25.0. The Morgan fingerprint density at radius 1 is 0.971 bits per heavy atom. The third kappa shape index (κ3) is 6.04. The second kappa shape index (κ2) is 11.5. The molecule has 180 valence electrons. The zero-order valence-corrected chi connectivity index (χ0v) is 19.8. The van der Waals surface area contributed by atoms with E-state index in [1.165, 1.54) is 0 Å². The number of carboxylic acid groups (broad SMARTS) is 1. The third-order valence-corrected chi connectivity index (χ3v) is 5.91. The van der Waals surface area contributed by atoms with Crippen LogP contribution in [0.15, 0.2) is 60.2 Å². The van der Waals surface area contributed by atoms with Crippen molar-refractivity contribution in [1.82, 2.24) is 10.6 Å². The summed E-state index contributed by atoms with van der Waals surface area (Å²) < 4.78 is 5.56. The molecule has 1 aliphatic rings. The highest BCUT2D eigenvalue weighted by atomic mass is 16.5. The second-order valence-corrected chi connectivity index (χ2v) is 8.73. The molecule has 34 heavy (non-hydrogen) atoms. The summed E-state index contributed by atoms with van der Waals surface area (Å²) in [5, 5.41) is 14.5. The molecule has 0 radical (unpaired) electrons. The number of amides is 2. The van der Waals surface area contributed by atoms with E-state index in [9.17, 15) is 19.5 Å². The van der Waals surface area contributed by atoms with Gasteiger partial charge in [0, 0.05) is 5.92 Å².